The van der Waals surface area contributed by atoms with Gasteiger partial charge in [-0.15, -0.1) is 0 Å². The molecule has 1 aromatic rings. The molecular weight excluding hydrogens is 202 g/mol. The minimum atomic E-state index is -0.310. The van der Waals surface area contributed by atoms with Crippen LogP contribution in [0.15, 0.2) is 30.3 Å². The van der Waals surface area contributed by atoms with Gasteiger partial charge in [-0.1, -0.05) is 30.3 Å². The second-order valence-corrected chi connectivity index (χ2v) is 3.63. The molecule has 0 heterocycles. The maximum absolute atomic E-state index is 6.07. The van der Waals surface area contributed by atoms with Gasteiger partial charge in [-0.2, -0.15) is 0 Å². The highest BCUT2D eigenvalue weighted by molar-refractivity contribution is 5.15. The maximum atomic E-state index is 6.07. The van der Waals surface area contributed by atoms with Gasteiger partial charge in [-0.05, 0) is 25.8 Å². The second-order valence-electron chi connectivity index (χ2n) is 3.63. The third-order valence-electron chi connectivity index (χ3n) is 2.33. The Labute approximate surface area is 97.6 Å². The highest BCUT2D eigenvalue weighted by Crippen LogP contribution is 2.08. The van der Waals surface area contributed by atoms with Crippen LogP contribution in [0.3, 0.4) is 0 Å². The van der Waals surface area contributed by atoms with Crippen LogP contribution in [-0.2, 0) is 15.9 Å². The van der Waals surface area contributed by atoms with Gasteiger partial charge in [-0.25, -0.2) is 0 Å². The molecule has 0 fully saturated rings. The Balaban J connectivity index is 2.51. The van der Waals surface area contributed by atoms with Gasteiger partial charge in [0.05, 0.1) is 6.04 Å². The smallest absolute Gasteiger partial charge is 0.172 e. The van der Waals surface area contributed by atoms with Crippen molar-refractivity contribution in [3.8, 4) is 0 Å². The Morgan fingerprint density at radius 3 is 2.12 bits per heavy atom. The summed E-state index contributed by atoms with van der Waals surface area (Å²) in [6.45, 7) is 5.13. The lowest BCUT2D eigenvalue weighted by atomic mass is 10.1. The number of hydrogen-bond donors (Lipinski definition) is 1. The Bertz CT molecular complexity index is 271. The van der Waals surface area contributed by atoms with Gasteiger partial charge in [-0.3, -0.25) is 0 Å². The predicted molar refractivity (Wildman–Crippen MR) is 65.2 cm³/mol. The number of hydrogen-bond acceptors (Lipinski definition) is 3. The van der Waals surface area contributed by atoms with Gasteiger partial charge in [0.2, 0.25) is 0 Å². The molecule has 0 unspecified atom stereocenters. The fourth-order valence-corrected chi connectivity index (χ4v) is 1.61. The molecule has 90 valence electrons. The Kier molecular flexibility index (Phi) is 6.08. The van der Waals surface area contributed by atoms with E-state index < -0.39 is 0 Å². The van der Waals surface area contributed by atoms with Gasteiger partial charge in [0.1, 0.15) is 0 Å². The quantitative estimate of drug-likeness (QED) is 0.719. The predicted octanol–water partition coefficient (Wildman–Crippen LogP) is 1.96. The molecule has 16 heavy (non-hydrogen) atoms. The first kappa shape index (κ1) is 13.2. The molecule has 0 saturated heterocycles. The van der Waals surface area contributed by atoms with E-state index in [-0.39, 0.29) is 12.3 Å². The molecule has 0 amide bonds. The van der Waals surface area contributed by atoms with Crippen LogP contribution in [0.2, 0.25) is 0 Å². The van der Waals surface area contributed by atoms with E-state index in [1.807, 2.05) is 32.0 Å². The third-order valence-corrected chi connectivity index (χ3v) is 2.33. The molecule has 3 heteroatoms. The minimum absolute atomic E-state index is 0.123. The fourth-order valence-electron chi connectivity index (χ4n) is 1.61. The van der Waals surface area contributed by atoms with E-state index in [2.05, 4.69) is 12.1 Å². The molecule has 0 aliphatic carbocycles. The molecule has 0 aromatic heterocycles. The molecule has 0 aliphatic heterocycles. The highest BCUT2D eigenvalue weighted by atomic mass is 16.7. The number of ether oxygens (including phenoxy) is 2. The molecule has 1 atom stereocenters. The molecule has 0 spiro atoms. The summed E-state index contributed by atoms with van der Waals surface area (Å²) < 4.78 is 10.9. The molecule has 2 N–H and O–H groups in total. The van der Waals surface area contributed by atoms with Crippen LogP contribution in [0.5, 0.6) is 0 Å². The summed E-state index contributed by atoms with van der Waals surface area (Å²) in [7, 11) is 0. The topological polar surface area (TPSA) is 44.5 Å². The van der Waals surface area contributed by atoms with E-state index in [1.54, 1.807) is 0 Å². The van der Waals surface area contributed by atoms with E-state index in [4.69, 9.17) is 15.2 Å². The normalized spacial score (nSPS) is 13.0. The van der Waals surface area contributed by atoms with Crippen LogP contribution in [0.1, 0.15) is 19.4 Å². The fraction of sp³-hybridized carbons (Fsp3) is 0.538. The molecule has 1 rings (SSSR count). The van der Waals surface area contributed by atoms with Crippen molar-refractivity contribution in [2.24, 2.45) is 5.73 Å². The zero-order chi connectivity index (χ0) is 11.8. The summed E-state index contributed by atoms with van der Waals surface area (Å²) in [5.74, 6) is 0. The lowest BCUT2D eigenvalue weighted by Gasteiger charge is -2.23. The summed E-state index contributed by atoms with van der Waals surface area (Å²) in [5, 5.41) is 0. The summed E-state index contributed by atoms with van der Waals surface area (Å²) in [4.78, 5) is 0. The van der Waals surface area contributed by atoms with E-state index >= 15 is 0 Å². The summed E-state index contributed by atoms with van der Waals surface area (Å²) >= 11 is 0. The molecule has 0 radical (unpaired) electrons. The van der Waals surface area contributed by atoms with Crippen LogP contribution in [0.4, 0.5) is 0 Å². The first-order valence-corrected chi connectivity index (χ1v) is 5.80. The van der Waals surface area contributed by atoms with Crippen LogP contribution in [0, 0.1) is 0 Å². The average molecular weight is 223 g/mol. The van der Waals surface area contributed by atoms with Crippen LogP contribution in [-0.4, -0.2) is 25.5 Å². The van der Waals surface area contributed by atoms with E-state index in [0.717, 1.165) is 6.42 Å². The SMILES string of the molecule is CCOC(OCC)[C@H](N)Cc1ccccc1. The number of nitrogens with two attached hydrogens (primary N) is 1. The van der Waals surface area contributed by atoms with Crippen molar-refractivity contribution in [2.45, 2.75) is 32.6 Å². The standard InChI is InChI=1S/C13H21NO2/c1-3-15-13(16-4-2)12(14)10-11-8-6-5-7-9-11/h5-9,12-13H,3-4,10,14H2,1-2H3/t12-/m1/s1. The van der Waals surface area contributed by atoms with E-state index in [0.29, 0.717) is 13.2 Å². The monoisotopic (exact) mass is 223 g/mol. The summed E-state index contributed by atoms with van der Waals surface area (Å²) in [6.07, 6.45) is 0.459. The van der Waals surface area contributed by atoms with Crippen molar-refractivity contribution in [3.05, 3.63) is 35.9 Å². The van der Waals surface area contributed by atoms with Gasteiger partial charge in [0.15, 0.2) is 6.29 Å². The summed E-state index contributed by atoms with van der Waals surface area (Å²) in [5.41, 5.74) is 7.28. The maximum Gasteiger partial charge on any atom is 0.172 e. The van der Waals surface area contributed by atoms with Crippen molar-refractivity contribution >= 4 is 0 Å². The van der Waals surface area contributed by atoms with Gasteiger partial charge >= 0.3 is 0 Å². The van der Waals surface area contributed by atoms with Crippen molar-refractivity contribution < 1.29 is 9.47 Å². The third kappa shape index (κ3) is 4.31. The van der Waals surface area contributed by atoms with Gasteiger partial charge in [0.25, 0.3) is 0 Å². The van der Waals surface area contributed by atoms with Gasteiger partial charge in [0, 0.05) is 13.2 Å². The highest BCUT2D eigenvalue weighted by Gasteiger charge is 2.18. The van der Waals surface area contributed by atoms with E-state index in [1.165, 1.54) is 5.56 Å². The lowest BCUT2D eigenvalue weighted by molar-refractivity contribution is -0.148. The Hall–Kier alpha value is -0.900. The molecule has 0 bridgehead atoms. The van der Waals surface area contributed by atoms with E-state index in [9.17, 15) is 0 Å². The van der Waals surface area contributed by atoms with Crippen LogP contribution < -0.4 is 5.73 Å². The molecule has 3 nitrogen and oxygen atoms in total. The zero-order valence-corrected chi connectivity index (χ0v) is 10.1. The van der Waals surface area contributed by atoms with Crippen molar-refractivity contribution in [2.75, 3.05) is 13.2 Å². The zero-order valence-electron chi connectivity index (χ0n) is 10.1. The van der Waals surface area contributed by atoms with Gasteiger partial charge < -0.3 is 15.2 Å². The lowest BCUT2D eigenvalue weighted by Crippen LogP contribution is -2.40. The van der Waals surface area contributed by atoms with Crippen LogP contribution >= 0.6 is 0 Å². The molecule has 0 saturated carbocycles. The van der Waals surface area contributed by atoms with Crippen molar-refractivity contribution in [1.82, 2.24) is 0 Å². The first-order valence-electron chi connectivity index (χ1n) is 5.80. The van der Waals surface area contributed by atoms with Crippen LogP contribution in [0.25, 0.3) is 0 Å². The van der Waals surface area contributed by atoms with Crippen molar-refractivity contribution in [1.29, 1.82) is 0 Å². The molecular formula is C13H21NO2. The summed E-state index contributed by atoms with van der Waals surface area (Å²) in [6, 6.07) is 10.0. The number of rotatable bonds is 7. The average Bonchev–Trinajstić information content (AvgIpc) is 2.30. The first-order chi connectivity index (χ1) is 7.77. The van der Waals surface area contributed by atoms with Crippen molar-refractivity contribution in [3.63, 3.8) is 0 Å². The Morgan fingerprint density at radius 2 is 1.62 bits per heavy atom. The largest absolute Gasteiger partial charge is 0.351 e. The molecule has 1 aromatic carbocycles. The Morgan fingerprint density at radius 1 is 1.06 bits per heavy atom. The number of benzene rings is 1. The second kappa shape index (κ2) is 7.39. The minimum Gasteiger partial charge on any atom is -0.351 e. The molecule has 0 aliphatic rings.